The molecule has 0 spiro atoms. The van der Waals surface area contributed by atoms with Gasteiger partial charge in [0.25, 0.3) is 0 Å². The van der Waals surface area contributed by atoms with Crippen molar-refractivity contribution < 1.29 is 0 Å². The highest BCUT2D eigenvalue weighted by Gasteiger charge is 2.29. The average Bonchev–Trinajstić information content (AvgIpc) is 2.02. The predicted octanol–water partition coefficient (Wildman–Crippen LogP) is 2.86. The lowest BCUT2D eigenvalue weighted by Gasteiger charge is -2.31. The summed E-state index contributed by atoms with van der Waals surface area (Å²) in [5.41, 5.74) is 0. The van der Waals surface area contributed by atoms with Crippen LogP contribution in [0.4, 0.5) is 0 Å². The van der Waals surface area contributed by atoms with Gasteiger partial charge >= 0.3 is 0 Å². The minimum atomic E-state index is -1.23. The number of rotatable bonds is 2. The van der Waals surface area contributed by atoms with Gasteiger partial charge in [0.05, 0.1) is 0 Å². The zero-order valence-corrected chi connectivity index (χ0v) is 9.38. The van der Waals surface area contributed by atoms with Crippen LogP contribution in [0.1, 0.15) is 12.8 Å². The van der Waals surface area contributed by atoms with E-state index >= 15 is 0 Å². The lowest BCUT2D eigenvalue weighted by Crippen LogP contribution is -2.45. The van der Waals surface area contributed by atoms with Gasteiger partial charge in [-0.15, -0.1) is 0 Å². The van der Waals surface area contributed by atoms with Gasteiger partial charge in [-0.05, 0) is 12.8 Å². The maximum Gasteiger partial charge on any atom is 0.107 e. The van der Waals surface area contributed by atoms with Crippen molar-refractivity contribution in [2.45, 2.75) is 25.9 Å². The lowest BCUT2D eigenvalue weighted by molar-refractivity contribution is 0.924. The predicted molar refractivity (Wildman–Crippen MR) is 60.9 cm³/mol. The number of hydrogen-bond acceptors (Lipinski definition) is 0. The fraction of sp³-hybridized carbons (Fsp3) is 0.333. The summed E-state index contributed by atoms with van der Waals surface area (Å²) in [7, 11) is -1.23. The van der Waals surface area contributed by atoms with Crippen molar-refractivity contribution in [3.8, 4) is 0 Å². The van der Waals surface area contributed by atoms with E-state index in [2.05, 4.69) is 49.5 Å². The summed E-state index contributed by atoms with van der Waals surface area (Å²) in [5.74, 6) is 0. The first-order chi connectivity index (χ1) is 6.21. The quantitative estimate of drug-likeness (QED) is 0.626. The fourth-order valence-electron chi connectivity index (χ4n) is 1.90. The van der Waals surface area contributed by atoms with Crippen LogP contribution in [0.25, 0.3) is 0 Å². The van der Waals surface area contributed by atoms with Gasteiger partial charge in [-0.2, -0.15) is 0 Å². The molecule has 0 bridgehead atoms. The third kappa shape index (κ3) is 1.48. The Morgan fingerprint density at radius 2 is 1.69 bits per heavy atom. The molecule has 0 radical (unpaired) electrons. The second kappa shape index (κ2) is 3.15. The van der Waals surface area contributed by atoms with Crippen LogP contribution in [0.3, 0.4) is 0 Å². The Morgan fingerprint density at radius 1 is 1.08 bits per heavy atom. The molecule has 1 aliphatic carbocycles. The van der Waals surface area contributed by atoms with E-state index in [-0.39, 0.29) is 0 Å². The van der Waals surface area contributed by atoms with Gasteiger partial charge in [0, 0.05) is 0 Å². The van der Waals surface area contributed by atoms with E-state index in [4.69, 9.17) is 0 Å². The van der Waals surface area contributed by atoms with Gasteiger partial charge in [0.15, 0.2) is 0 Å². The number of benzene rings is 1. The Labute approximate surface area is 81.3 Å². The van der Waals surface area contributed by atoms with Crippen LogP contribution < -0.4 is 5.19 Å². The molecule has 0 unspecified atom stereocenters. The third-order valence-corrected chi connectivity index (χ3v) is 6.94. The lowest BCUT2D eigenvalue weighted by atomic mass is 10.1. The van der Waals surface area contributed by atoms with Crippen LogP contribution in [-0.2, 0) is 0 Å². The maximum atomic E-state index is 2.45. The molecule has 0 heterocycles. The van der Waals surface area contributed by atoms with Crippen molar-refractivity contribution in [3.63, 3.8) is 0 Å². The van der Waals surface area contributed by atoms with E-state index in [1.807, 2.05) is 0 Å². The van der Waals surface area contributed by atoms with Crippen LogP contribution in [0.2, 0.25) is 13.1 Å². The molecular formula is C12H16Si. The molecule has 1 aliphatic rings. The minimum absolute atomic E-state index is 1.23. The summed E-state index contributed by atoms with van der Waals surface area (Å²) in [6.07, 6.45) is 5.08. The number of allylic oxidation sites excluding steroid dienone is 2. The van der Waals surface area contributed by atoms with Crippen LogP contribution in [0.15, 0.2) is 41.6 Å². The molecule has 0 N–H and O–H groups in total. The van der Waals surface area contributed by atoms with Crippen molar-refractivity contribution in [2.24, 2.45) is 0 Å². The summed E-state index contributed by atoms with van der Waals surface area (Å²) < 4.78 is 0. The van der Waals surface area contributed by atoms with E-state index < -0.39 is 8.07 Å². The van der Waals surface area contributed by atoms with E-state index in [1.54, 1.807) is 10.4 Å². The van der Waals surface area contributed by atoms with Gasteiger partial charge in [-0.25, -0.2) is 0 Å². The Morgan fingerprint density at radius 3 is 2.15 bits per heavy atom. The molecule has 0 aliphatic heterocycles. The Kier molecular flexibility index (Phi) is 2.12. The SMILES string of the molecule is C[Si](C)(C1=CCC1)c1ccccc1. The van der Waals surface area contributed by atoms with Gasteiger partial charge in [-0.1, -0.05) is 59.9 Å². The summed E-state index contributed by atoms with van der Waals surface area (Å²) >= 11 is 0. The molecule has 2 rings (SSSR count). The highest BCUT2D eigenvalue weighted by atomic mass is 28.3. The highest BCUT2D eigenvalue weighted by molar-refractivity contribution is 6.95. The van der Waals surface area contributed by atoms with Crippen molar-refractivity contribution >= 4 is 13.3 Å². The van der Waals surface area contributed by atoms with E-state index in [9.17, 15) is 0 Å². The molecule has 0 aromatic heterocycles. The molecule has 1 aromatic rings. The third-order valence-electron chi connectivity index (χ3n) is 3.10. The molecule has 13 heavy (non-hydrogen) atoms. The highest BCUT2D eigenvalue weighted by Crippen LogP contribution is 2.27. The summed E-state index contributed by atoms with van der Waals surface area (Å²) in [6, 6.07) is 11.0. The summed E-state index contributed by atoms with van der Waals surface area (Å²) in [6.45, 7) is 4.90. The van der Waals surface area contributed by atoms with Crippen LogP contribution in [-0.4, -0.2) is 8.07 Å². The fourth-order valence-corrected chi connectivity index (χ4v) is 4.72. The topological polar surface area (TPSA) is 0 Å². The summed E-state index contributed by atoms with van der Waals surface area (Å²) in [5, 5.41) is 3.31. The normalized spacial score (nSPS) is 16.3. The first-order valence-electron chi connectivity index (χ1n) is 4.96. The molecule has 0 amide bonds. The van der Waals surface area contributed by atoms with E-state index in [0.717, 1.165) is 0 Å². The van der Waals surface area contributed by atoms with Gasteiger partial charge in [0.1, 0.15) is 8.07 Å². The number of hydrogen-bond donors (Lipinski definition) is 0. The van der Waals surface area contributed by atoms with Gasteiger partial charge < -0.3 is 0 Å². The minimum Gasteiger partial charge on any atom is -0.0885 e. The second-order valence-corrected chi connectivity index (χ2v) is 8.73. The average molecular weight is 188 g/mol. The van der Waals surface area contributed by atoms with Crippen molar-refractivity contribution in [3.05, 3.63) is 41.6 Å². The second-order valence-electron chi connectivity index (χ2n) is 4.26. The van der Waals surface area contributed by atoms with E-state index in [0.29, 0.717) is 0 Å². The molecule has 0 atom stereocenters. The smallest absolute Gasteiger partial charge is 0.0885 e. The zero-order valence-electron chi connectivity index (χ0n) is 8.38. The molecule has 0 nitrogen and oxygen atoms in total. The molecule has 68 valence electrons. The van der Waals surface area contributed by atoms with E-state index in [1.165, 1.54) is 12.8 Å². The molecule has 0 saturated heterocycles. The molecular weight excluding hydrogens is 172 g/mol. The van der Waals surface area contributed by atoms with Crippen LogP contribution in [0.5, 0.6) is 0 Å². The molecule has 0 fully saturated rings. The largest absolute Gasteiger partial charge is 0.107 e. The van der Waals surface area contributed by atoms with Gasteiger partial charge in [-0.3, -0.25) is 0 Å². The maximum absolute atomic E-state index is 2.45. The Balaban J connectivity index is 2.34. The van der Waals surface area contributed by atoms with Crippen LogP contribution in [0, 0.1) is 0 Å². The van der Waals surface area contributed by atoms with Crippen molar-refractivity contribution in [1.29, 1.82) is 0 Å². The zero-order chi connectivity index (χ0) is 9.31. The first kappa shape index (κ1) is 8.76. The Bertz CT molecular complexity index is 322. The molecule has 0 saturated carbocycles. The van der Waals surface area contributed by atoms with Crippen LogP contribution >= 0.6 is 0 Å². The van der Waals surface area contributed by atoms with Crippen molar-refractivity contribution in [1.82, 2.24) is 0 Å². The molecule has 1 heteroatoms. The first-order valence-corrected chi connectivity index (χ1v) is 7.96. The standard InChI is InChI=1S/C12H16Si/c1-13(2,12-9-6-10-12)11-7-4-3-5-8-11/h3-5,7-9H,6,10H2,1-2H3. The van der Waals surface area contributed by atoms with Crippen molar-refractivity contribution in [2.75, 3.05) is 0 Å². The Hall–Kier alpha value is -0.823. The molecule has 1 aromatic carbocycles. The monoisotopic (exact) mass is 188 g/mol. The van der Waals surface area contributed by atoms with Gasteiger partial charge in [0.2, 0.25) is 0 Å². The summed E-state index contributed by atoms with van der Waals surface area (Å²) in [4.78, 5) is 0.